The minimum absolute atomic E-state index is 0.0153. The summed E-state index contributed by atoms with van der Waals surface area (Å²) in [7, 11) is 0. The maximum Gasteiger partial charge on any atom is 0.334 e. The van der Waals surface area contributed by atoms with Crippen LogP contribution in [0.2, 0.25) is 0 Å². The Labute approximate surface area is 123 Å². The molecule has 0 aromatic rings. The summed E-state index contributed by atoms with van der Waals surface area (Å²) in [6, 6.07) is 0. The Morgan fingerprint density at radius 2 is 1.33 bits per heavy atom. The van der Waals surface area contributed by atoms with Gasteiger partial charge in [-0.05, 0) is 0 Å². The van der Waals surface area contributed by atoms with E-state index >= 15 is 0 Å². The smallest absolute Gasteiger partial charge is 0.334 e. The Kier molecular flexibility index (Phi) is 12.5. The predicted octanol–water partition coefficient (Wildman–Crippen LogP) is -0.963. The topological polar surface area (TPSA) is 112 Å². The number of hydrogen-bond acceptors (Lipinski definition) is 8. The first-order valence-corrected chi connectivity index (χ1v) is 6.49. The SMILES string of the molecule is C=C(CC(=O)OCCOCCO)C(=O)OCCOCCO. The van der Waals surface area contributed by atoms with Crippen molar-refractivity contribution in [1.29, 1.82) is 0 Å². The molecule has 8 nitrogen and oxygen atoms in total. The highest BCUT2D eigenvalue weighted by atomic mass is 16.6. The zero-order valence-corrected chi connectivity index (χ0v) is 11.9. The van der Waals surface area contributed by atoms with Gasteiger partial charge in [0.2, 0.25) is 0 Å². The number of aliphatic hydroxyl groups excluding tert-OH is 2. The van der Waals surface area contributed by atoms with Gasteiger partial charge in [0.25, 0.3) is 0 Å². The molecule has 0 spiro atoms. The van der Waals surface area contributed by atoms with Gasteiger partial charge in [-0.25, -0.2) is 4.79 Å². The van der Waals surface area contributed by atoms with Gasteiger partial charge in [-0.2, -0.15) is 0 Å². The van der Waals surface area contributed by atoms with Crippen LogP contribution in [0, 0.1) is 0 Å². The third-order valence-corrected chi connectivity index (χ3v) is 2.07. The van der Waals surface area contributed by atoms with Gasteiger partial charge in [0.05, 0.1) is 46.1 Å². The second-order valence-corrected chi connectivity index (χ2v) is 3.81. The van der Waals surface area contributed by atoms with E-state index in [0.29, 0.717) is 0 Å². The molecule has 2 N–H and O–H groups in total. The maximum atomic E-state index is 11.4. The van der Waals surface area contributed by atoms with Gasteiger partial charge in [-0.3, -0.25) is 4.79 Å². The predicted molar refractivity (Wildman–Crippen MR) is 71.5 cm³/mol. The van der Waals surface area contributed by atoms with E-state index < -0.39 is 11.9 Å². The van der Waals surface area contributed by atoms with Crippen LogP contribution in [-0.2, 0) is 28.5 Å². The Morgan fingerprint density at radius 1 is 0.810 bits per heavy atom. The summed E-state index contributed by atoms with van der Waals surface area (Å²) >= 11 is 0. The highest BCUT2D eigenvalue weighted by Gasteiger charge is 2.14. The quantitative estimate of drug-likeness (QED) is 0.254. The van der Waals surface area contributed by atoms with E-state index in [1.54, 1.807) is 0 Å². The van der Waals surface area contributed by atoms with Crippen LogP contribution >= 0.6 is 0 Å². The van der Waals surface area contributed by atoms with Crippen LogP contribution in [0.15, 0.2) is 12.2 Å². The van der Waals surface area contributed by atoms with Crippen LogP contribution in [0.1, 0.15) is 6.42 Å². The zero-order chi connectivity index (χ0) is 15.9. The van der Waals surface area contributed by atoms with E-state index in [-0.39, 0.29) is 64.8 Å². The van der Waals surface area contributed by atoms with Gasteiger partial charge in [-0.15, -0.1) is 0 Å². The minimum Gasteiger partial charge on any atom is -0.463 e. The molecular formula is C13H22O8. The van der Waals surface area contributed by atoms with E-state index in [4.69, 9.17) is 29.2 Å². The van der Waals surface area contributed by atoms with Crippen molar-refractivity contribution in [3.05, 3.63) is 12.2 Å². The van der Waals surface area contributed by atoms with Crippen LogP contribution < -0.4 is 0 Å². The van der Waals surface area contributed by atoms with E-state index in [2.05, 4.69) is 6.58 Å². The number of ether oxygens (including phenoxy) is 4. The molecule has 0 rings (SSSR count). The third-order valence-electron chi connectivity index (χ3n) is 2.07. The van der Waals surface area contributed by atoms with Crippen molar-refractivity contribution in [3.63, 3.8) is 0 Å². The minimum atomic E-state index is -0.698. The lowest BCUT2D eigenvalue weighted by molar-refractivity contribution is -0.147. The van der Waals surface area contributed by atoms with Gasteiger partial charge < -0.3 is 29.2 Å². The monoisotopic (exact) mass is 306 g/mol. The van der Waals surface area contributed by atoms with Crippen molar-refractivity contribution >= 4 is 11.9 Å². The molecule has 0 saturated heterocycles. The lowest BCUT2D eigenvalue weighted by Crippen LogP contribution is -2.17. The molecule has 0 aliphatic rings. The second-order valence-electron chi connectivity index (χ2n) is 3.81. The van der Waals surface area contributed by atoms with Gasteiger partial charge in [-0.1, -0.05) is 6.58 Å². The van der Waals surface area contributed by atoms with Crippen molar-refractivity contribution in [2.75, 3.05) is 52.9 Å². The molecule has 0 aromatic carbocycles. The van der Waals surface area contributed by atoms with E-state index in [1.165, 1.54) is 0 Å². The second kappa shape index (κ2) is 13.5. The summed E-state index contributed by atoms with van der Waals surface area (Å²) in [5, 5.41) is 16.9. The Bertz CT molecular complexity index is 315. The number of carbonyl (C=O) groups is 2. The summed E-state index contributed by atoms with van der Waals surface area (Å²) in [5.41, 5.74) is -0.0153. The fourth-order valence-electron chi connectivity index (χ4n) is 1.14. The molecule has 0 bridgehead atoms. The van der Waals surface area contributed by atoms with Gasteiger partial charge in [0.1, 0.15) is 13.2 Å². The number of hydrogen-bond donors (Lipinski definition) is 2. The average molecular weight is 306 g/mol. The van der Waals surface area contributed by atoms with Crippen molar-refractivity contribution in [3.8, 4) is 0 Å². The lowest BCUT2D eigenvalue weighted by atomic mass is 10.2. The normalized spacial score (nSPS) is 10.2. The van der Waals surface area contributed by atoms with E-state index in [1.807, 2.05) is 0 Å². The molecule has 0 saturated carbocycles. The molecule has 0 aromatic heterocycles. The average Bonchev–Trinajstić information content (AvgIpc) is 2.46. The Morgan fingerprint density at radius 3 is 1.86 bits per heavy atom. The molecule has 0 aliphatic carbocycles. The van der Waals surface area contributed by atoms with Crippen LogP contribution in [-0.4, -0.2) is 75.0 Å². The molecule has 0 heterocycles. The molecule has 0 atom stereocenters. The van der Waals surface area contributed by atoms with Gasteiger partial charge in [0, 0.05) is 5.57 Å². The molecular weight excluding hydrogens is 284 g/mol. The molecule has 0 unspecified atom stereocenters. The summed E-state index contributed by atoms with van der Waals surface area (Å²) in [4.78, 5) is 22.8. The molecule has 0 amide bonds. The van der Waals surface area contributed by atoms with Crippen LogP contribution in [0.25, 0.3) is 0 Å². The van der Waals surface area contributed by atoms with Crippen LogP contribution in [0.5, 0.6) is 0 Å². The first-order valence-electron chi connectivity index (χ1n) is 6.49. The number of rotatable bonds is 13. The molecule has 8 heteroatoms. The molecule has 21 heavy (non-hydrogen) atoms. The summed E-state index contributed by atoms with van der Waals surface area (Å²) in [6.07, 6.45) is -0.268. The number of carbonyl (C=O) groups excluding carboxylic acids is 2. The fraction of sp³-hybridized carbons (Fsp3) is 0.692. The lowest BCUT2D eigenvalue weighted by Gasteiger charge is -2.08. The first kappa shape index (κ1) is 19.5. The number of esters is 2. The number of aliphatic hydroxyl groups is 2. The fourth-order valence-corrected chi connectivity index (χ4v) is 1.14. The van der Waals surface area contributed by atoms with Gasteiger partial charge in [0.15, 0.2) is 0 Å². The van der Waals surface area contributed by atoms with Crippen molar-refractivity contribution in [2.45, 2.75) is 6.42 Å². The molecule has 0 radical (unpaired) electrons. The third kappa shape index (κ3) is 12.0. The van der Waals surface area contributed by atoms with Crippen molar-refractivity contribution in [1.82, 2.24) is 0 Å². The van der Waals surface area contributed by atoms with Crippen LogP contribution in [0.3, 0.4) is 0 Å². The standard InChI is InChI=1S/C13H22O8/c1-11(13(17)21-9-7-19-5-3-15)10-12(16)20-8-6-18-4-2-14/h14-15H,1-10H2. The maximum absolute atomic E-state index is 11.4. The largest absolute Gasteiger partial charge is 0.463 e. The molecule has 0 aliphatic heterocycles. The highest BCUT2D eigenvalue weighted by Crippen LogP contribution is 2.03. The summed E-state index contributed by atoms with van der Waals surface area (Å²) < 4.78 is 19.4. The van der Waals surface area contributed by atoms with Crippen molar-refractivity contribution < 1.29 is 38.7 Å². The van der Waals surface area contributed by atoms with E-state index in [9.17, 15) is 9.59 Å². The van der Waals surface area contributed by atoms with Crippen LogP contribution in [0.4, 0.5) is 0 Å². The Hall–Kier alpha value is -1.48. The highest BCUT2D eigenvalue weighted by molar-refractivity contribution is 5.93. The molecule has 0 fully saturated rings. The zero-order valence-electron chi connectivity index (χ0n) is 11.9. The first-order chi connectivity index (χ1) is 10.1. The molecule has 122 valence electrons. The van der Waals surface area contributed by atoms with Crippen molar-refractivity contribution in [2.24, 2.45) is 0 Å². The Balaban J connectivity index is 3.65. The summed E-state index contributed by atoms with van der Waals surface area (Å²) in [5.74, 6) is -1.31. The van der Waals surface area contributed by atoms with E-state index in [0.717, 1.165) is 0 Å². The van der Waals surface area contributed by atoms with Gasteiger partial charge >= 0.3 is 11.9 Å². The summed E-state index contributed by atoms with van der Waals surface area (Å²) in [6.45, 7) is 3.98.